The van der Waals surface area contributed by atoms with Crippen LogP contribution in [0.1, 0.15) is 43.0 Å². The van der Waals surface area contributed by atoms with E-state index in [0.29, 0.717) is 12.0 Å². The fourth-order valence-corrected chi connectivity index (χ4v) is 4.19. The van der Waals surface area contributed by atoms with Crippen molar-refractivity contribution in [1.82, 2.24) is 4.90 Å². The van der Waals surface area contributed by atoms with Crippen molar-refractivity contribution >= 4 is 34.0 Å². The molecule has 1 N–H and O–H groups in total. The van der Waals surface area contributed by atoms with Gasteiger partial charge in [-0.3, -0.25) is 9.59 Å². The number of unbranched alkanes of at least 4 members (excludes halogenated alkanes) is 2. The maximum atomic E-state index is 12.7. The minimum Gasteiger partial charge on any atom is -0.368 e. The van der Waals surface area contributed by atoms with Crippen molar-refractivity contribution in [2.24, 2.45) is 0 Å². The summed E-state index contributed by atoms with van der Waals surface area (Å²) in [6, 6.07) is 21.7. The fraction of sp³-hybridized carbons (Fsp3) is 0.333. The summed E-state index contributed by atoms with van der Waals surface area (Å²) in [6.07, 6.45) is 3.91. The topological polar surface area (TPSA) is 52.7 Å². The summed E-state index contributed by atoms with van der Waals surface area (Å²) in [6.45, 7) is 5.37. The highest BCUT2D eigenvalue weighted by Crippen LogP contribution is 2.21. The van der Waals surface area contributed by atoms with Gasteiger partial charge in [0.05, 0.1) is 0 Å². The van der Waals surface area contributed by atoms with Gasteiger partial charge < -0.3 is 15.1 Å². The molecule has 166 valence electrons. The zero-order valence-corrected chi connectivity index (χ0v) is 18.7. The largest absolute Gasteiger partial charge is 0.368 e. The van der Waals surface area contributed by atoms with E-state index in [9.17, 15) is 9.59 Å². The van der Waals surface area contributed by atoms with Crippen LogP contribution in [0.3, 0.4) is 0 Å². The molecule has 0 radical (unpaired) electrons. The van der Waals surface area contributed by atoms with Gasteiger partial charge in [-0.2, -0.15) is 0 Å². The van der Waals surface area contributed by atoms with Crippen LogP contribution in [-0.2, 0) is 4.79 Å². The van der Waals surface area contributed by atoms with Gasteiger partial charge in [0.25, 0.3) is 5.91 Å². The number of benzene rings is 3. The van der Waals surface area contributed by atoms with Crippen molar-refractivity contribution in [3.8, 4) is 0 Å². The number of nitrogens with zero attached hydrogens (tertiary/aromatic N) is 2. The lowest BCUT2D eigenvalue weighted by Crippen LogP contribution is -2.48. The predicted molar refractivity (Wildman–Crippen MR) is 131 cm³/mol. The quantitative estimate of drug-likeness (QED) is 0.517. The molecule has 0 unspecified atom stereocenters. The highest BCUT2D eigenvalue weighted by molar-refractivity contribution is 6.06. The van der Waals surface area contributed by atoms with Gasteiger partial charge in [-0.1, -0.05) is 50.1 Å². The number of anilines is 2. The van der Waals surface area contributed by atoms with E-state index in [0.717, 1.165) is 67.6 Å². The lowest BCUT2D eigenvalue weighted by atomic mass is 10.1. The highest BCUT2D eigenvalue weighted by atomic mass is 16.2. The summed E-state index contributed by atoms with van der Waals surface area (Å²) in [4.78, 5) is 29.3. The second-order valence-electron chi connectivity index (χ2n) is 8.39. The first-order valence-corrected chi connectivity index (χ1v) is 11.6. The van der Waals surface area contributed by atoms with E-state index in [1.807, 2.05) is 71.6 Å². The van der Waals surface area contributed by atoms with Crippen LogP contribution >= 0.6 is 0 Å². The zero-order chi connectivity index (χ0) is 22.3. The van der Waals surface area contributed by atoms with E-state index >= 15 is 0 Å². The third kappa shape index (κ3) is 5.28. The van der Waals surface area contributed by atoms with E-state index in [1.165, 1.54) is 0 Å². The normalized spacial score (nSPS) is 13.9. The summed E-state index contributed by atoms with van der Waals surface area (Å²) in [7, 11) is 0. The average molecular weight is 430 g/mol. The standard InChI is InChI=1S/C27H31N3O2/c1-2-3-4-9-26(31)30-18-16-29(17-19-30)25-14-12-24(13-15-25)28-27(32)23-11-10-21-7-5-6-8-22(21)20-23/h5-8,10-15,20H,2-4,9,16-19H2,1H3,(H,28,32). The molecule has 1 fully saturated rings. The molecule has 0 aromatic heterocycles. The third-order valence-corrected chi connectivity index (χ3v) is 6.13. The number of carbonyl (C=O) groups excluding carboxylic acids is 2. The number of amides is 2. The number of nitrogens with one attached hydrogen (secondary N) is 1. The molecular formula is C27H31N3O2. The molecule has 3 aromatic rings. The maximum absolute atomic E-state index is 12.7. The molecule has 1 aliphatic heterocycles. The molecule has 32 heavy (non-hydrogen) atoms. The Morgan fingerprint density at radius 2 is 1.56 bits per heavy atom. The first-order chi connectivity index (χ1) is 15.6. The molecular weight excluding hydrogens is 398 g/mol. The molecule has 0 atom stereocenters. The van der Waals surface area contributed by atoms with Crippen LogP contribution in [0.2, 0.25) is 0 Å². The van der Waals surface area contributed by atoms with Gasteiger partial charge in [-0.15, -0.1) is 0 Å². The smallest absolute Gasteiger partial charge is 0.255 e. The van der Waals surface area contributed by atoms with Crippen LogP contribution in [0.5, 0.6) is 0 Å². The monoisotopic (exact) mass is 429 g/mol. The second-order valence-corrected chi connectivity index (χ2v) is 8.39. The summed E-state index contributed by atoms with van der Waals surface area (Å²) < 4.78 is 0. The molecule has 0 saturated carbocycles. The van der Waals surface area contributed by atoms with E-state index in [4.69, 9.17) is 0 Å². The van der Waals surface area contributed by atoms with Gasteiger partial charge in [-0.25, -0.2) is 0 Å². The van der Waals surface area contributed by atoms with Gasteiger partial charge in [0, 0.05) is 49.5 Å². The fourth-order valence-electron chi connectivity index (χ4n) is 4.19. The molecule has 0 aliphatic carbocycles. The number of carbonyl (C=O) groups is 2. The van der Waals surface area contributed by atoms with Crippen LogP contribution in [0.15, 0.2) is 66.7 Å². The molecule has 4 rings (SSSR count). The third-order valence-electron chi connectivity index (χ3n) is 6.13. The van der Waals surface area contributed by atoms with Crippen molar-refractivity contribution in [2.45, 2.75) is 32.6 Å². The molecule has 5 nitrogen and oxygen atoms in total. The van der Waals surface area contributed by atoms with Crippen molar-refractivity contribution in [3.63, 3.8) is 0 Å². The Hall–Kier alpha value is -3.34. The van der Waals surface area contributed by atoms with E-state index in [1.54, 1.807) is 0 Å². The maximum Gasteiger partial charge on any atom is 0.255 e. The SMILES string of the molecule is CCCCCC(=O)N1CCN(c2ccc(NC(=O)c3ccc4ccccc4c3)cc2)CC1. The van der Waals surface area contributed by atoms with Gasteiger partial charge in [0.2, 0.25) is 5.91 Å². The first-order valence-electron chi connectivity index (χ1n) is 11.6. The molecule has 1 aliphatic rings. The van der Waals surface area contributed by atoms with Crippen LogP contribution in [0.25, 0.3) is 10.8 Å². The molecule has 1 heterocycles. The van der Waals surface area contributed by atoms with Crippen molar-refractivity contribution in [3.05, 3.63) is 72.3 Å². The number of rotatable bonds is 7. The molecule has 1 saturated heterocycles. The predicted octanol–water partition coefficient (Wildman–Crippen LogP) is 5.32. The van der Waals surface area contributed by atoms with Crippen molar-refractivity contribution < 1.29 is 9.59 Å². The molecule has 0 spiro atoms. The van der Waals surface area contributed by atoms with Crippen molar-refractivity contribution in [2.75, 3.05) is 36.4 Å². The Labute approximate surface area is 190 Å². The lowest BCUT2D eigenvalue weighted by Gasteiger charge is -2.36. The Morgan fingerprint density at radius 3 is 2.28 bits per heavy atom. The van der Waals surface area contributed by atoms with Gasteiger partial charge >= 0.3 is 0 Å². The second kappa shape index (κ2) is 10.3. The Balaban J connectivity index is 1.31. The van der Waals surface area contributed by atoms with Gasteiger partial charge in [0.1, 0.15) is 0 Å². The number of hydrogen-bond acceptors (Lipinski definition) is 3. The summed E-state index contributed by atoms with van der Waals surface area (Å²) in [5.74, 6) is 0.170. The van der Waals surface area contributed by atoms with Crippen LogP contribution in [0.4, 0.5) is 11.4 Å². The van der Waals surface area contributed by atoms with E-state index < -0.39 is 0 Å². The van der Waals surface area contributed by atoms with E-state index in [2.05, 4.69) is 17.1 Å². The van der Waals surface area contributed by atoms with Gasteiger partial charge in [0.15, 0.2) is 0 Å². The van der Waals surface area contributed by atoms with Crippen LogP contribution in [0, 0.1) is 0 Å². The van der Waals surface area contributed by atoms with Gasteiger partial charge in [-0.05, 0) is 53.6 Å². The molecule has 5 heteroatoms. The minimum absolute atomic E-state index is 0.112. The first kappa shape index (κ1) is 21.9. The summed E-state index contributed by atoms with van der Waals surface area (Å²) in [5.41, 5.74) is 2.54. The lowest BCUT2D eigenvalue weighted by molar-refractivity contribution is -0.131. The molecule has 0 bridgehead atoms. The van der Waals surface area contributed by atoms with E-state index in [-0.39, 0.29) is 11.8 Å². The number of hydrogen-bond donors (Lipinski definition) is 1. The Bertz CT molecular complexity index is 1070. The summed E-state index contributed by atoms with van der Waals surface area (Å²) >= 11 is 0. The number of fused-ring (bicyclic) bond motifs is 1. The van der Waals surface area contributed by atoms with Crippen LogP contribution < -0.4 is 10.2 Å². The Kier molecular flexibility index (Phi) is 7.05. The van der Waals surface area contributed by atoms with Crippen molar-refractivity contribution in [1.29, 1.82) is 0 Å². The molecule has 2 amide bonds. The zero-order valence-electron chi connectivity index (χ0n) is 18.7. The average Bonchev–Trinajstić information content (AvgIpc) is 2.84. The number of piperazine rings is 1. The minimum atomic E-state index is -0.112. The Morgan fingerprint density at radius 1 is 0.844 bits per heavy atom. The summed E-state index contributed by atoms with van der Waals surface area (Å²) in [5, 5.41) is 5.16. The highest BCUT2D eigenvalue weighted by Gasteiger charge is 2.21. The van der Waals surface area contributed by atoms with Crippen LogP contribution in [-0.4, -0.2) is 42.9 Å². The molecule has 3 aromatic carbocycles.